The molecule has 1 amide bonds. The Hall–Kier alpha value is -1.98. The maximum Gasteiger partial charge on any atom is 0.266 e. The fraction of sp³-hybridized carbons (Fsp3) is 0.111. The van der Waals surface area contributed by atoms with Crippen LogP contribution in [0.2, 0.25) is 0 Å². The van der Waals surface area contributed by atoms with Crippen molar-refractivity contribution in [3.05, 3.63) is 76.4 Å². The van der Waals surface area contributed by atoms with Crippen LogP contribution >= 0.6 is 24.0 Å². The number of benzene rings is 2. The molecule has 0 bridgehead atoms. The van der Waals surface area contributed by atoms with Gasteiger partial charge < -0.3 is 0 Å². The normalized spacial score (nSPS) is 17.8. The Morgan fingerprint density at radius 1 is 1.17 bits per heavy atom. The first-order valence-corrected chi connectivity index (χ1v) is 8.36. The molecule has 0 aliphatic carbocycles. The average molecular weight is 343 g/mol. The molecule has 23 heavy (non-hydrogen) atoms. The molecule has 1 fully saturated rings. The van der Waals surface area contributed by atoms with Crippen molar-refractivity contribution in [1.82, 2.24) is 4.90 Å². The number of amides is 1. The third kappa shape index (κ3) is 3.35. The van der Waals surface area contributed by atoms with Gasteiger partial charge in [0.1, 0.15) is 10.1 Å². The van der Waals surface area contributed by atoms with E-state index < -0.39 is 0 Å². The average Bonchev–Trinajstić information content (AvgIpc) is 2.81. The number of hydrogen-bond donors (Lipinski definition) is 0. The molecule has 0 aromatic heterocycles. The smallest absolute Gasteiger partial charge is 0.266 e. The molecule has 1 atom stereocenters. The summed E-state index contributed by atoms with van der Waals surface area (Å²) in [6, 6.07) is 15.8. The van der Waals surface area contributed by atoms with E-state index in [0.29, 0.717) is 14.8 Å². The van der Waals surface area contributed by atoms with Gasteiger partial charge in [-0.15, -0.1) is 0 Å². The summed E-state index contributed by atoms with van der Waals surface area (Å²) in [5.41, 5.74) is 1.67. The monoisotopic (exact) mass is 343 g/mol. The second-order valence-corrected chi connectivity index (χ2v) is 6.87. The Kier molecular flexibility index (Phi) is 4.59. The number of thiocarbonyl (C=S) groups is 1. The van der Waals surface area contributed by atoms with Gasteiger partial charge in [0.05, 0.1) is 10.9 Å². The van der Waals surface area contributed by atoms with Gasteiger partial charge in [0, 0.05) is 0 Å². The minimum atomic E-state index is -0.327. The van der Waals surface area contributed by atoms with Crippen LogP contribution in [0.4, 0.5) is 4.39 Å². The minimum absolute atomic E-state index is 0.137. The minimum Gasteiger partial charge on any atom is -0.286 e. The Bertz CT molecular complexity index is 789. The molecular weight excluding hydrogens is 329 g/mol. The molecule has 116 valence electrons. The molecular formula is C18H14FNOS2. The van der Waals surface area contributed by atoms with Gasteiger partial charge in [-0.25, -0.2) is 4.39 Å². The fourth-order valence-corrected chi connectivity index (χ4v) is 3.86. The first kappa shape index (κ1) is 15.9. The van der Waals surface area contributed by atoms with E-state index in [1.807, 2.05) is 37.3 Å². The van der Waals surface area contributed by atoms with Crippen LogP contribution in [0.3, 0.4) is 0 Å². The third-order valence-electron chi connectivity index (χ3n) is 3.64. The maximum atomic E-state index is 13.3. The summed E-state index contributed by atoms with van der Waals surface area (Å²) in [5, 5.41) is 0. The highest BCUT2D eigenvalue weighted by Gasteiger charge is 2.35. The van der Waals surface area contributed by atoms with E-state index >= 15 is 0 Å². The van der Waals surface area contributed by atoms with Crippen molar-refractivity contribution in [1.29, 1.82) is 0 Å². The van der Waals surface area contributed by atoms with Crippen LogP contribution in [0.25, 0.3) is 6.08 Å². The van der Waals surface area contributed by atoms with Gasteiger partial charge in [0.25, 0.3) is 5.91 Å². The number of carbonyl (C=O) groups excluding carboxylic acids is 1. The molecule has 2 nitrogen and oxygen atoms in total. The molecule has 0 unspecified atom stereocenters. The molecule has 3 rings (SSSR count). The summed E-state index contributed by atoms with van der Waals surface area (Å²) >= 11 is 6.62. The van der Waals surface area contributed by atoms with Crippen LogP contribution in [-0.4, -0.2) is 15.1 Å². The van der Waals surface area contributed by atoms with Crippen molar-refractivity contribution in [2.24, 2.45) is 0 Å². The molecule has 0 spiro atoms. The number of rotatable bonds is 3. The van der Waals surface area contributed by atoms with E-state index in [4.69, 9.17) is 12.2 Å². The van der Waals surface area contributed by atoms with Crippen LogP contribution < -0.4 is 0 Å². The quantitative estimate of drug-likeness (QED) is 0.590. The molecule has 5 heteroatoms. The van der Waals surface area contributed by atoms with E-state index in [0.717, 1.165) is 5.56 Å². The van der Waals surface area contributed by atoms with Crippen molar-refractivity contribution in [2.75, 3.05) is 0 Å². The van der Waals surface area contributed by atoms with Crippen molar-refractivity contribution in [3.63, 3.8) is 0 Å². The molecule has 2 aromatic rings. The molecule has 1 heterocycles. The molecule has 2 aromatic carbocycles. The predicted molar refractivity (Wildman–Crippen MR) is 96.3 cm³/mol. The van der Waals surface area contributed by atoms with Crippen molar-refractivity contribution >= 4 is 40.3 Å². The summed E-state index contributed by atoms with van der Waals surface area (Å²) in [6.45, 7) is 1.95. The Morgan fingerprint density at radius 3 is 2.61 bits per heavy atom. The molecule has 1 aliphatic heterocycles. The van der Waals surface area contributed by atoms with E-state index in [1.165, 1.54) is 23.9 Å². The number of hydrogen-bond acceptors (Lipinski definition) is 3. The second-order valence-electron chi connectivity index (χ2n) is 5.19. The molecule has 0 N–H and O–H groups in total. The lowest BCUT2D eigenvalue weighted by Crippen LogP contribution is -2.30. The van der Waals surface area contributed by atoms with E-state index in [1.54, 1.807) is 23.1 Å². The molecule has 1 aliphatic rings. The van der Waals surface area contributed by atoms with Gasteiger partial charge in [0.15, 0.2) is 0 Å². The van der Waals surface area contributed by atoms with Crippen molar-refractivity contribution in [3.8, 4) is 0 Å². The summed E-state index contributed by atoms with van der Waals surface area (Å²) < 4.78 is 13.8. The van der Waals surface area contributed by atoms with Gasteiger partial charge in [-0.05, 0) is 36.3 Å². The maximum absolute atomic E-state index is 13.3. The van der Waals surface area contributed by atoms with E-state index in [9.17, 15) is 9.18 Å². The standard InChI is InChI=1S/C18H14FNOS2/c1-12(14-7-3-2-4-8-14)20-17(21)16(23-18(20)22)11-13-6-5-9-15(19)10-13/h2-12H,1H3/b16-11-/t12-/m1/s1. The van der Waals surface area contributed by atoms with Crippen LogP contribution in [0.1, 0.15) is 24.1 Å². The van der Waals surface area contributed by atoms with Crippen molar-refractivity contribution in [2.45, 2.75) is 13.0 Å². The van der Waals surface area contributed by atoms with Gasteiger partial charge >= 0.3 is 0 Å². The van der Waals surface area contributed by atoms with Gasteiger partial charge in [-0.3, -0.25) is 9.69 Å². The summed E-state index contributed by atoms with van der Waals surface area (Å²) in [6.07, 6.45) is 1.68. The summed E-state index contributed by atoms with van der Waals surface area (Å²) in [4.78, 5) is 14.8. The zero-order valence-electron chi connectivity index (χ0n) is 12.4. The van der Waals surface area contributed by atoms with Gasteiger partial charge in [0.2, 0.25) is 0 Å². The van der Waals surface area contributed by atoms with Gasteiger partial charge in [-0.2, -0.15) is 0 Å². The number of thioether (sulfide) groups is 1. The summed E-state index contributed by atoms with van der Waals surface area (Å²) in [5.74, 6) is -0.465. The zero-order valence-corrected chi connectivity index (χ0v) is 14.0. The van der Waals surface area contributed by atoms with Crippen LogP contribution in [0.15, 0.2) is 59.5 Å². The van der Waals surface area contributed by atoms with Crippen LogP contribution in [0.5, 0.6) is 0 Å². The van der Waals surface area contributed by atoms with E-state index in [-0.39, 0.29) is 17.8 Å². The number of nitrogens with zero attached hydrogens (tertiary/aromatic N) is 1. The zero-order chi connectivity index (χ0) is 16.4. The number of carbonyl (C=O) groups is 1. The fourth-order valence-electron chi connectivity index (χ4n) is 2.44. The Labute approximate surface area is 144 Å². The topological polar surface area (TPSA) is 20.3 Å². The van der Waals surface area contributed by atoms with Crippen LogP contribution in [-0.2, 0) is 4.79 Å². The highest BCUT2D eigenvalue weighted by atomic mass is 32.2. The Balaban J connectivity index is 1.88. The van der Waals surface area contributed by atoms with E-state index in [2.05, 4.69) is 0 Å². The molecule has 1 saturated heterocycles. The lowest BCUT2D eigenvalue weighted by Gasteiger charge is -2.23. The van der Waals surface area contributed by atoms with Gasteiger partial charge in [-0.1, -0.05) is 66.4 Å². The lowest BCUT2D eigenvalue weighted by atomic mass is 10.1. The van der Waals surface area contributed by atoms with Crippen LogP contribution in [0, 0.1) is 5.82 Å². The predicted octanol–water partition coefficient (Wildman–Crippen LogP) is 4.79. The third-order valence-corrected chi connectivity index (χ3v) is 4.97. The van der Waals surface area contributed by atoms with Crippen molar-refractivity contribution < 1.29 is 9.18 Å². The highest BCUT2D eigenvalue weighted by Crippen LogP contribution is 2.37. The number of halogens is 1. The summed E-state index contributed by atoms with van der Waals surface area (Å²) in [7, 11) is 0. The SMILES string of the molecule is C[C@H](c1ccccc1)N1C(=O)/C(=C/c2cccc(F)c2)SC1=S. The Morgan fingerprint density at radius 2 is 1.91 bits per heavy atom. The second kappa shape index (κ2) is 6.64. The first-order valence-electron chi connectivity index (χ1n) is 7.14. The highest BCUT2D eigenvalue weighted by molar-refractivity contribution is 8.26. The lowest BCUT2D eigenvalue weighted by molar-refractivity contribution is -0.123. The molecule has 0 saturated carbocycles. The first-order chi connectivity index (χ1) is 11.1. The molecule has 0 radical (unpaired) electrons. The largest absolute Gasteiger partial charge is 0.286 e.